The second-order valence-corrected chi connectivity index (χ2v) is 8.65. The number of thiazole rings is 1. The molecule has 4 aromatic rings. The molecule has 0 aliphatic rings. The molecule has 1 aromatic heterocycles. The number of aromatic nitrogens is 1. The Morgan fingerprint density at radius 1 is 0.929 bits per heavy atom. The molecule has 0 bridgehead atoms. The summed E-state index contributed by atoms with van der Waals surface area (Å²) >= 11 is 1.47. The molecular formula is C24H22N2OS. The highest BCUT2D eigenvalue weighted by atomic mass is 32.1. The molecule has 4 heteroatoms. The average Bonchev–Trinajstić information content (AvgIpc) is 3.17. The van der Waals surface area contributed by atoms with Crippen LogP contribution in [0.5, 0.6) is 0 Å². The number of anilines is 2. The van der Waals surface area contributed by atoms with Gasteiger partial charge >= 0.3 is 0 Å². The summed E-state index contributed by atoms with van der Waals surface area (Å²) in [5, 5.41) is 5.02. The van der Waals surface area contributed by atoms with Gasteiger partial charge in [-0.05, 0) is 33.9 Å². The van der Waals surface area contributed by atoms with Crippen LogP contribution >= 0.6 is 11.3 Å². The minimum atomic E-state index is 0.0766. The maximum absolute atomic E-state index is 11.8. The second-order valence-electron chi connectivity index (χ2n) is 7.81. The first-order valence-electron chi connectivity index (χ1n) is 9.26. The van der Waals surface area contributed by atoms with Crippen molar-refractivity contribution < 1.29 is 4.79 Å². The summed E-state index contributed by atoms with van der Waals surface area (Å²) in [5.74, 6) is 0. The van der Waals surface area contributed by atoms with Crippen LogP contribution < -0.4 is 4.90 Å². The molecule has 0 saturated heterocycles. The molecule has 0 spiro atoms. The van der Waals surface area contributed by atoms with Crippen molar-refractivity contribution in [1.82, 2.24) is 4.98 Å². The zero-order valence-corrected chi connectivity index (χ0v) is 17.0. The maximum Gasteiger partial charge on any atom is 0.220 e. The molecule has 0 unspecified atom stereocenters. The third kappa shape index (κ3) is 3.43. The van der Waals surface area contributed by atoms with E-state index in [0.29, 0.717) is 5.13 Å². The van der Waals surface area contributed by atoms with Gasteiger partial charge in [0.2, 0.25) is 6.41 Å². The summed E-state index contributed by atoms with van der Waals surface area (Å²) < 4.78 is 0. The summed E-state index contributed by atoms with van der Waals surface area (Å²) in [6.07, 6.45) is 0.831. The van der Waals surface area contributed by atoms with Crippen LogP contribution in [0.3, 0.4) is 0 Å². The molecule has 0 saturated carbocycles. The van der Waals surface area contributed by atoms with E-state index in [0.717, 1.165) is 28.7 Å². The van der Waals surface area contributed by atoms with E-state index in [-0.39, 0.29) is 5.41 Å². The minimum absolute atomic E-state index is 0.0766. The average molecular weight is 387 g/mol. The van der Waals surface area contributed by atoms with Crippen LogP contribution in [0.1, 0.15) is 26.3 Å². The van der Waals surface area contributed by atoms with Gasteiger partial charge in [0.05, 0.1) is 11.4 Å². The van der Waals surface area contributed by atoms with E-state index < -0.39 is 0 Å². The predicted molar refractivity (Wildman–Crippen MR) is 118 cm³/mol. The maximum atomic E-state index is 11.8. The van der Waals surface area contributed by atoms with Crippen molar-refractivity contribution >= 4 is 39.3 Å². The third-order valence-corrected chi connectivity index (χ3v) is 5.72. The van der Waals surface area contributed by atoms with Crippen molar-refractivity contribution in [1.29, 1.82) is 0 Å². The van der Waals surface area contributed by atoms with Crippen molar-refractivity contribution in [3.05, 3.63) is 77.7 Å². The van der Waals surface area contributed by atoms with Crippen molar-refractivity contribution in [3.8, 4) is 11.3 Å². The van der Waals surface area contributed by atoms with Crippen molar-refractivity contribution in [2.45, 2.75) is 26.2 Å². The lowest BCUT2D eigenvalue weighted by atomic mass is 9.87. The standard InChI is InChI=1S/C24H22N2OS/c1-24(2,3)18-11-13-19(14-12-18)26(16-27)23-25-22(15-28-23)21-10-6-8-17-7-4-5-9-20(17)21/h4-16H,1-3H3. The number of carbonyl (C=O) groups is 1. The Morgan fingerprint density at radius 2 is 1.64 bits per heavy atom. The van der Waals surface area contributed by atoms with Gasteiger partial charge in [0.1, 0.15) is 0 Å². The zero-order chi connectivity index (χ0) is 19.7. The summed E-state index contributed by atoms with van der Waals surface area (Å²) in [6, 6.07) is 22.6. The van der Waals surface area contributed by atoms with Crippen LogP contribution in [0.15, 0.2) is 72.1 Å². The molecule has 1 heterocycles. The molecule has 3 aromatic carbocycles. The summed E-state index contributed by atoms with van der Waals surface area (Å²) in [6.45, 7) is 6.53. The van der Waals surface area contributed by atoms with Crippen LogP contribution in [0, 0.1) is 0 Å². The number of amides is 1. The minimum Gasteiger partial charge on any atom is -0.278 e. The third-order valence-electron chi connectivity index (χ3n) is 4.88. The smallest absolute Gasteiger partial charge is 0.220 e. The lowest BCUT2D eigenvalue weighted by Crippen LogP contribution is -2.15. The molecular weight excluding hydrogens is 364 g/mol. The van der Waals surface area contributed by atoms with Gasteiger partial charge in [-0.25, -0.2) is 4.98 Å². The van der Waals surface area contributed by atoms with Gasteiger partial charge in [-0.2, -0.15) is 0 Å². The molecule has 1 amide bonds. The molecule has 4 rings (SSSR count). The van der Waals surface area contributed by atoms with E-state index in [9.17, 15) is 4.79 Å². The fourth-order valence-electron chi connectivity index (χ4n) is 3.29. The van der Waals surface area contributed by atoms with Gasteiger partial charge in [-0.3, -0.25) is 9.69 Å². The van der Waals surface area contributed by atoms with Crippen molar-refractivity contribution in [3.63, 3.8) is 0 Å². The Kier molecular flexibility index (Phi) is 4.73. The van der Waals surface area contributed by atoms with Crippen molar-refractivity contribution in [2.75, 3.05) is 4.90 Å². The first kappa shape index (κ1) is 18.4. The number of hydrogen-bond donors (Lipinski definition) is 0. The van der Waals surface area contributed by atoms with Gasteiger partial charge in [-0.15, -0.1) is 11.3 Å². The zero-order valence-electron chi connectivity index (χ0n) is 16.2. The molecule has 0 atom stereocenters. The van der Waals surface area contributed by atoms with Crippen LogP contribution in [0.4, 0.5) is 10.8 Å². The normalized spacial score (nSPS) is 11.5. The number of benzene rings is 3. The van der Waals surface area contributed by atoms with Crippen LogP contribution in [-0.4, -0.2) is 11.4 Å². The second kappa shape index (κ2) is 7.21. The number of nitrogens with zero attached hydrogens (tertiary/aromatic N) is 2. The Morgan fingerprint density at radius 3 is 2.36 bits per heavy atom. The quantitative estimate of drug-likeness (QED) is 0.372. The lowest BCUT2D eigenvalue weighted by molar-refractivity contribution is -0.106. The van der Waals surface area contributed by atoms with Gasteiger partial charge < -0.3 is 0 Å². The molecule has 28 heavy (non-hydrogen) atoms. The van der Waals surface area contributed by atoms with Crippen LogP contribution in [0.25, 0.3) is 22.0 Å². The Bertz CT molecular complexity index is 1120. The molecule has 140 valence electrons. The van der Waals surface area contributed by atoms with E-state index in [4.69, 9.17) is 4.98 Å². The van der Waals surface area contributed by atoms with Crippen molar-refractivity contribution in [2.24, 2.45) is 0 Å². The Hall–Kier alpha value is -2.98. The molecule has 0 aliphatic heterocycles. The monoisotopic (exact) mass is 386 g/mol. The number of hydrogen-bond acceptors (Lipinski definition) is 3. The van der Waals surface area contributed by atoms with E-state index in [1.807, 2.05) is 35.7 Å². The van der Waals surface area contributed by atoms with E-state index in [1.54, 1.807) is 4.90 Å². The fraction of sp³-hybridized carbons (Fsp3) is 0.167. The van der Waals surface area contributed by atoms with Crippen LogP contribution in [-0.2, 0) is 10.2 Å². The molecule has 0 N–H and O–H groups in total. The first-order chi connectivity index (χ1) is 13.5. The van der Waals surface area contributed by atoms with E-state index >= 15 is 0 Å². The topological polar surface area (TPSA) is 33.2 Å². The number of carbonyl (C=O) groups excluding carboxylic acids is 1. The van der Waals surface area contributed by atoms with E-state index in [1.165, 1.54) is 22.3 Å². The summed E-state index contributed by atoms with van der Waals surface area (Å²) in [5.41, 5.74) is 4.09. The SMILES string of the molecule is CC(C)(C)c1ccc(N(C=O)c2nc(-c3cccc4ccccc34)cs2)cc1. The predicted octanol–water partition coefficient (Wildman–Crippen LogP) is 6.56. The highest BCUT2D eigenvalue weighted by Crippen LogP contribution is 2.35. The highest BCUT2D eigenvalue weighted by molar-refractivity contribution is 7.14. The fourth-order valence-corrected chi connectivity index (χ4v) is 4.10. The van der Waals surface area contributed by atoms with E-state index in [2.05, 4.69) is 57.2 Å². The molecule has 0 radical (unpaired) electrons. The largest absolute Gasteiger partial charge is 0.278 e. The summed E-state index contributed by atoms with van der Waals surface area (Å²) in [7, 11) is 0. The van der Waals surface area contributed by atoms with Gasteiger partial charge in [-0.1, -0.05) is 75.4 Å². The number of rotatable bonds is 4. The Labute approximate surface area is 169 Å². The van der Waals surface area contributed by atoms with Gasteiger partial charge in [0.25, 0.3) is 0 Å². The molecule has 3 nitrogen and oxygen atoms in total. The summed E-state index contributed by atoms with van der Waals surface area (Å²) in [4.78, 5) is 18.2. The van der Waals surface area contributed by atoms with Gasteiger partial charge in [0.15, 0.2) is 5.13 Å². The highest BCUT2D eigenvalue weighted by Gasteiger charge is 2.17. The molecule has 0 aliphatic carbocycles. The first-order valence-corrected chi connectivity index (χ1v) is 10.1. The van der Waals surface area contributed by atoms with Crippen LogP contribution in [0.2, 0.25) is 0 Å². The van der Waals surface area contributed by atoms with Gasteiger partial charge in [0, 0.05) is 10.9 Å². The number of fused-ring (bicyclic) bond motifs is 1. The lowest BCUT2D eigenvalue weighted by Gasteiger charge is -2.20. The molecule has 0 fully saturated rings. The Balaban J connectivity index is 1.70.